The number of aliphatic hydroxyl groups excluding tert-OH is 1. The highest BCUT2D eigenvalue weighted by molar-refractivity contribution is 9.10. The van der Waals surface area contributed by atoms with Crippen molar-refractivity contribution in [2.45, 2.75) is 26.3 Å². The summed E-state index contributed by atoms with van der Waals surface area (Å²) in [7, 11) is 0. The minimum atomic E-state index is 0.115. The van der Waals surface area contributed by atoms with Gasteiger partial charge >= 0.3 is 0 Å². The van der Waals surface area contributed by atoms with Crippen LogP contribution in [0, 0.1) is 0 Å². The number of aliphatic hydroxyl groups is 1. The molecule has 0 aliphatic rings. The van der Waals surface area contributed by atoms with Crippen molar-refractivity contribution in [3.63, 3.8) is 0 Å². The Kier molecular flexibility index (Phi) is 4.98. The summed E-state index contributed by atoms with van der Waals surface area (Å²) in [5.74, 6) is 0.668. The van der Waals surface area contributed by atoms with Crippen molar-refractivity contribution in [2.24, 2.45) is 0 Å². The van der Waals surface area contributed by atoms with Gasteiger partial charge in [0.05, 0.1) is 11.1 Å². The number of rotatable bonds is 5. The Hall–Kier alpha value is -0.680. The molecule has 0 bridgehead atoms. The fourth-order valence-electron chi connectivity index (χ4n) is 1.30. The van der Waals surface area contributed by atoms with Gasteiger partial charge in [-0.15, -0.1) is 0 Å². The van der Waals surface area contributed by atoms with Gasteiger partial charge in [-0.3, -0.25) is 0 Å². The Labute approximate surface area is 98.5 Å². The van der Waals surface area contributed by atoms with E-state index in [0.29, 0.717) is 18.5 Å². The largest absolute Gasteiger partial charge is 0.395 e. The lowest BCUT2D eigenvalue weighted by atomic mass is 10.2. The molecule has 1 heterocycles. The average Bonchev–Trinajstić information content (AvgIpc) is 2.26. The molecule has 0 saturated carbocycles. The summed E-state index contributed by atoms with van der Waals surface area (Å²) in [6.07, 6.45) is 4.43. The molecule has 0 spiro atoms. The van der Waals surface area contributed by atoms with Gasteiger partial charge in [-0.25, -0.2) is 9.97 Å². The molecule has 0 amide bonds. The zero-order valence-corrected chi connectivity index (χ0v) is 10.6. The maximum Gasteiger partial charge on any atom is 0.225 e. The van der Waals surface area contributed by atoms with Crippen LogP contribution in [0.3, 0.4) is 0 Å². The lowest BCUT2D eigenvalue weighted by Crippen LogP contribution is -2.36. The quantitative estimate of drug-likeness (QED) is 0.890. The van der Waals surface area contributed by atoms with E-state index < -0.39 is 0 Å². The first-order valence-corrected chi connectivity index (χ1v) is 5.83. The summed E-state index contributed by atoms with van der Waals surface area (Å²) in [5, 5.41) is 8.99. The van der Waals surface area contributed by atoms with Crippen LogP contribution in [0.1, 0.15) is 20.3 Å². The fraction of sp³-hybridized carbons (Fsp3) is 0.600. The molecule has 0 radical (unpaired) electrons. The van der Waals surface area contributed by atoms with Gasteiger partial charge in [0, 0.05) is 25.0 Å². The molecule has 0 aliphatic heterocycles. The number of aromatic nitrogens is 2. The summed E-state index contributed by atoms with van der Waals surface area (Å²) in [4.78, 5) is 10.5. The Morgan fingerprint density at radius 1 is 1.47 bits per heavy atom. The van der Waals surface area contributed by atoms with Crippen molar-refractivity contribution in [3.8, 4) is 0 Å². The van der Waals surface area contributed by atoms with Gasteiger partial charge in [0.2, 0.25) is 5.95 Å². The molecular formula is C10H16BrN3O. The summed E-state index contributed by atoms with van der Waals surface area (Å²) in [6.45, 7) is 4.88. The highest BCUT2D eigenvalue weighted by atomic mass is 79.9. The summed E-state index contributed by atoms with van der Waals surface area (Å²) in [6, 6.07) is 0.332. The first-order valence-electron chi connectivity index (χ1n) is 5.04. The van der Waals surface area contributed by atoms with Crippen molar-refractivity contribution in [1.82, 2.24) is 9.97 Å². The van der Waals surface area contributed by atoms with Gasteiger partial charge in [0.15, 0.2) is 0 Å². The topological polar surface area (TPSA) is 49.2 Å². The highest BCUT2D eigenvalue weighted by Gasteiger charge is 2.14. The van der Waals surface area contributed by atoms with Gasteiger partial charge in [0.1, 0.15) is 0 Å². The molecule has 4 nitrogen and oxygen atoms in total. The standard InChI is InChI=1S/C10H16BrN3O/c1-3-8(2)14(4-5-15)10-12-6-9(11)7-13-10/h6-8,15H,3-5H2,1-2H3/t8-/m1/s1. The number of hydrogen-bond acceptors (Lipinski definition) is 4. The molecule has 0 saturated heterocycles. The van der Waals surface area contributed by atoms with Gasteiger partial charge in [-0.05, 0) is 29.3 Å². The predicted octanol–water partition coefficient (Wildman–Crippen LogP) is 1.84. The van der Waals surface area contributed by atoms with Gasteiger partial charge in [0.25, 0.3) is 0 Å². The Morgan fingerprint density at radius 2 is 2.07 bits per heavy atom. The second-order valence-electron chi connectivity index (χ2n) is 3.38. The maximum atomic E-state index is 8.99. The molecule has 1 aromatic rings. The first-order chi connectivity index (χ1) is 7.19. The van der Waals surface area contributed by atoms with E-state index in [1.165, 1.54) is 0 Å². The van der Waals surface area contributed by atoms with Crippen LogP contribution in [0.2, 0.25) is 0 Å². The van der Waals surface area contributed by atoms with E-state index in [2.05, 4.69) is 39.7 Å². The van der Waals surface area contributed by atoms with Crippen molar-refractivity contribution < 1.29 is 5.11 Å². The molecule has 84 valence electrons. The molecule has 0 aromatic carbocycles. The van der Waals surface area contributed by atoms with E-state index in [4.69, 9.17) is 5.11 Å². The van der Waals surface area contributed by atoms with Crippen LogP contribution in [0.5, 0.6) is 0 Å². The monoisotopic (exact) mass is 273 g/mol. The van der Waals surface area contributed by atoms with Crippen LogP contribution in [-0.4, -0.2) is 34.3 Å². The number of anilines is 1. The van der Waals surface area contributed by atoms with E-state index in [0.717, 1.165) is 10.9 Å². The van der Waals surface area contributed by atoms with E-state index in [9.17, 15) is 0 Å². The van der Waals surface area contributed by atoms with Crippen LogP contribution in [0.4, 0.5) is 5.95 Å². The number of nitrogens with zero attached hydrogens (tertiary/aromatic N) is 3. The minimum absolute atomic E-state index is 0.115. The van der Waals surface area contributed by atoms with Crippen molar-refractivity contribution >= 4 is 21.9 Å². The fourth-order valence-corrected chi connectivity index (χ4v) is 1.50. The van der Waals surface area contributed by atoms with Crippen LogP contribution in [-0.2, 0) is 0 Å². The molecule has 0 unspecified atom stereocenters. The summed E-state index contributed by atoms with van der Waals surface area (Å²) >= 11 is 3.29. The Bertz CT molecular complexity index is 291. The summed E-state index contributed by atoms with van der Waals surface area (Å²) in [5.41, 5.74) is 0. The van der Waals surface area contributed by atoms with Crippen LogP contribution in [0.25, 0.3) is 0 Å². The minimum Gasteiger partial charge on any atom is -0.395 e. The molecule has 1 rings (SSSR count). The van der Waals surface area contributed by atoms with Crippen LogP contribution >= 0.6 is 15.9 Å². The molecule has 0 aliphatic carbocycles. The van der Waals surface area contributed by atoms with E-state index >= 15 is 0 Å². The average molecular weight is 274 g/mol. The van der Waals surface area contributed by atoms with Crippen molar-refractivity contribution in [1.29, 1.82) is 0 Å². The van der Waals surface area contributed by atoms with E-state index in [1.54, 1.807) is 12.4 Å². The molecule has 1 aromatic heterocycles. The molecule has 1 N–H and O–H groups in total. The second-order valence-corrected chi connectivity index (χ2v) is 4.29. The third kappa shape index (κ3) is 3.43. The van der Waals surface area contributed by atoms with Crippen LogP contribution < -0.4 is 4.90 Å². The lowest BCUT2D eigenvalue weighted by Gasteiger charge is -2.27. The van der Waals surface area contributed by atoms with E-state index in [1.807, 2.05) is 4.90 Å². The van der Waals surface area contributed by atoms with Gasteiger partial charge < -0.3 is 10.0 Å². The van der Waals surface area contributed by atoms with Crippen molar-refractivity contribution in [2.75, 3.05) is 18.1 Å². The second kappa shape index (κ2) is 6.02. The maximum absolute atomic E-state index is 8.99. The third-order valence-electron chi connectivity index (χ3n) is 2.33. The first kappa shape index (κ1) is 12.4. The number of halogens is 1. The Balaban J connectivity index is 2.83. The zero-order valence-electron chi connectivity index (χ0n) is 9.02. The normalized spacial score (nSPS) is 12.5. The third-order valence-corrected chi connectivity index (χ3v) is 2.74. The smallest absolute Gasteiger partial charge is 0.225 e. The molecule has 1 atom stereocenters. The molecule has 0 fully saturated rings. The highest BCUT2D eigenvalue weighted by Crippen LogP contribution is 2.14. The molecule has 15 heavy (non-hydrogen) atoms. The molecule has 5 heteroatoms. The van der Waals surface area contributed by atoms with Gasteiger partial charge in [-0.2, -0.15) is 0 Å². The lowest BCUT2D eigenvalue weighted by molar-refractivity contribution is 0.296. The Morgan fingerprint density at radius 3 is 2.53 bits per heavy atom. The van der Waals surface area contributed by atoms with Crippen molar-refractivity contribution in [3.05, 3.63) is 16.9 Å². The number of hydrogen-bond donors (Lipinski definition) is 1. The SMILES string of the molecule is CC[C@@H](C)N(CCO)c1ncc(Br)cn1. The summed E-state index contributed by atoms with van der Waals surface area (Å²) < 4.78 is 0.861. The molecular weight excluding hydrogens is 258 g/mol. The zero-order chi connectivity index (χ0) is 11.3. The predicted molar refractivity (Wildman–Crippen MR) is 63.9 cm³/mol. The van der Waals surface area contributed by atoms with E-state index in [-0.39, 0.29) is 6.61 Å². The van der Waals surface area contributed by atoms with Crippen LogP contribution in [0.15, 0.2) is 16.9 Å². The van der Waals surface area contributed by atoms with Gasteiger partial charge in [-0.1, -0.05) is 6.92 Å².